The standard InChI is InChI=1S/C26H33BrN4O2/c1-6-8-22(25(32)33-26(3,4)5)23(16-20-9-7-10-21(27)15-20)24-28-30-31(29-24)17-19-13-11-18(2)12-14-19/h7,9-15,22-23H,6,8,16-17H2,1-5H3/t22?,23-/m0/s1. The van der Waals surface area contributed by atoms with Crippen LogP contribution in [0, 0.1) is 12.8 Å². The Hall–Kier alpha value is -2.54. The van der Waals surface area contributed by atoms with Crippen molar-refractivity contribution < 1.29 is 9.53 Å². The second-order valence-corrected chi connectivity index (χ2v) is 10.4. The predicted molar refractivity (Wildman–Crippen MR) is 133 cm³/mol. The Morgan fingerprint density at radius 3 is 2.48 bits per heavy atom. The Bertz CT molecular complexity index is 1060. The molecule has 6 nitrogen and oxygen atoms in total. The molecule has 2 aromatic carbocycles. The van der Waals surface area contributed by atoms with E-state index in [1.807, 2.05) is 32.9 Å². The number of aryl methyl sites for hydroxylation is 1. The lowest BCUT2D eigenvalue weighted by atomic mass is 9.83. The Morgan fingerprint density at radius 1 is 1.12 bits per heavy atom. The monoisotopic (exact) mass is 512 g/mol. The van der Waals surface area contributed by atoms with Crippen LogP contribution in [0.3, 0.4) is 0 Å². The van der Waals surface area contributed by atoms with Crippen LogP contribution < -0.4 is 0 Å². The molecule has 0 saturated heterocycles. The van der Waals surface area contributed by atoms with Crippen molar-refractivity contribution in [2.45, 2.75) is 71.9 Å². The molecule has 1 aromatic heterocycles. The van der Waals surface area contributed by atoms with Crippen molar-refractivity contribution in [3.8, 4) is 0 Å². The van der Waals surface area contributed by atoms with Crippen molar-refractivity contribution in [1.29, 1.82) is 0 Å². The van der Waals surface area contributed by atoms with E-state index in [1.54, 1.807) is 4.80 Å². The first-order valence-electron chi connectivity index (χ1n) is 11.4. The first-order valence-corrected chi connectivity index (χ1v) is 12.2. The van der Waals surface area contributed by atoms with Gasteiger partial charge in [0.05, 0.1) is 12.5 Å². The van der Waals surface area contributed by atoms with E-state index in [-0.39, 0.29) is 17.8 Å². The average molecular weight is 513 g/mol. The van der Waals surface area contributed by atoms with Crippen LogP contribution in [0.15, 0.2) is 53.0 Å². The number of hydrogen-bond acceptors (Lipinski definition) is 5. The van der Waals surface area contributed by atoms with Gasteiger partial charge in [0.1, 0.15) is 5.60 Å². The number of benzene rings is 2. The van der Waals surface area contributed by atoms with Crippen LogP contribution in [0.1, 0.15) is 69.0 Å². The summed E-state index contributed by atoms with van der Waals surface area (Å²) in [6.45, 7) is 10.4. The highest BCUT2D eigenvalue weighted by Crippen LogP contribution is 2.32. The van der Waals surface area contributed by atoms with E-state index >= 15 is 0 Å². The molecule has 0 fully saturated rings. The Balaban J connectivity index is 1.92. The van der Waals surface area contributed by atoms with Crippen LogP contribution in [-0.4, -0.2) is 31.8 Å². The van der Waals surface area contributed by atoms with Crippen LogP contribution in [0.2, 0.25) is 0 Å². The van der Waals surface area contributed by atoms with E-state index in [9.17, 15) is 4.79 Å². The van der Waals surface area contributed by atoms with Crippen molar-refractivity contribution in [2.24, 2.45) is 5.92 Å². The summed E-state index contributed by atoms with van der Waals surface area (Å²) in [5.74, 6) is -0.225. The maximum absolute atomic E-state index is 13.2. The molecule has 0 spiro atoms. The SMILES string of the molecule is CCCC(C(=O)OC(C)(C)C)[C@H](Cc1cccc(Br)c1)c1nnn(Cc2ccc(C)cc2)n1. The number of carbonyl (C=O) groups is 1. The summed E-state index contributed by atoms with van der Waals surface area (Å²) in [5, 5.41) is 13.4. The summed E-state index contributed by atoms with van der Waals surface area (Å²) < 4.78 is 6.80. The van der Waals surface area contributed by atoms with Crippen molar-refractivity contribution >= 4 is 21.9 Å². The molecular formula is C26H33BrN4O2. The van der Waals surface area contributed by atoms with Gasteiger partial charge in [-0.2, -0.15) is 4.80 Å². The summed E-state index contributed by atoms with van der Waals surface area (Å²) in [7, 11) is 0. The van der Waals surface area contributed by atoms with Gasteiger partial charge < -0.3 is 4.74 Å². The van der Waals surface area contributed by atoms with Gasteiger partial charge in [-0.25, -0.2) is 0 Å². The second kappa shape index (κ2) is 11.1. The van der Waals surface area contributed by atoms with E-state index < -0.39 is 5.60 Å². The zero-order valence-electron chi connectivity index (χ0n) is 20.1. The van der Waals surface area contributed by atoms with Gasteiger partial charge in [0, 0.05) is 10.4 Å². The topological polar surface area (TPSA) is 69.9 Å². The molecular weight excluding hydrogens is 480 g/mol. The molecule has 0 aliphatic carbocycles. The van der Waals surface area contributed by atoms with Gasteiger partial charge in [-0.05, 0) is 69.0 Å². The minimum atomic E-state index is -0.556. The molecule has 0 radical (unpaired) electrons. The summed E-state index contributed by atoms with van der Waals surface area (Å²) >= 11 is 3.55. The average Bonchev–Trinajstić information content (AvgIpc) is 3.19. The third-order valence-corrected chi connectivity index (χ3v) is 5.88. The number of rotatable bonds is 9. The molecule has 0 aliphatic heterocycles. The van der Waals surface area contributed by atoms with Crippen LogP contribution in [0.4, 0.5) is 0 Å². The normalized spacial score (nSPS) is 13.5. The first-order chi connectivity index (χ1) is 15.6. The minimum Gasteiger partial charge on any atom is -0.460 e. The number of esters is 1. The van der Waals surface area contributed by atoms with E-state index in [1.165, 1.54) is 5.56 Å². The third-order valence-electron chi connectivity index (χ3n) is 5.38. The van der Waals surface area contributed by atoms with Gasteiger partial charge in [-0.15, -0.1) is 10.2 Å². The molecule has 0 saturated carbocycles. The Kier molecular flexibility index (Phi) is 8.40. The second-order valence-electron chi connectivity index (χ2n) is 9.53. The van der Waals surface area contributed by atoms with E-state index in [4.69, 9.17) is 9.84 Å². The lowest BCUT2D eigenvalue weighted by Gasteiger charge is -2.28. The molecule has 2 atom stereocenters. The molecule has 0 bridgehead atoms. The summed E-state index contributed by atoms with van der Waals surface area (Å²) in [4.78, 5) is 14.8. The zero-order valence-corrected chi connectivity index (χ0v) is 21.7. The van der Waals surface area contributed by atoms with E-state index in [0.29, 0.717) is 25.2 Å². The van der Waals surface area contributed by atoms with Crippen molar-refractivity contribution in [1.82, 2.24) is 20.2 Å². The highest BCUT2D eigenvalue weighted by atomic mass is 79.9. The van der Waals surface area contributed by atoms with Crippen LogP contribution >= 0.6 is 15.9 Å². The minimum absolute atomic E-state index is 0.209. The molecule has 1 unspecified atom stereocenters. The highest BCUT2D eigenvalue weighted by Gasteiger charge is 2.35. The maximum atomic E-state index is 13.2. The van der Waals surface area contributed by atoms with E-state index in [0.717, 1.165) is 22.0 Å². The number of hydrogen-bond donors (Lipinski definition) is 0. The largest absolute Gasteiger partial charge is 0.460 e. The molecule has 176 valence electrons. The summed E-state index contributed by atoms with van der Waals surface area (Å²) in [6, 6.07) is 16.4. The third kappa shape index (κ3) is 7.49. The fourth-order valence-electron chi connectivity index (χ4n) is 3.83. The first kappa shape index (κ1) is 25.1. The molecule has 0 N–H and O–H groups in total. The number of aromatic nitrogens is 4. The van der Waals surface area contributed by atoms with Crippen molar-refractivity contribution in [3.05, 3.63) is 75.5 Å². The zero-order chi connectivity index (χ0) is 24.0. The Labute approximate surface area is 204 Å². The van der Waals surface area contributed by atoms with Gasteiger partial charge in [-0.1, -0.05) is 71.2 Å². The quantitative estimate of drug-likeness (QED) is 0.335. The van der Waals surface area contributed by atoms with Gasteiger partial charge in [0.25, 0.3) is 0 Å². The highest BCUT2D eigenvalue weighted by molar-refractivity contribution is 9.10. The number of carbonyl (C=O) groups excluding carboxylic acids is 1. The molecule has 7 heteroatoms. The van der Waals surface area contributed by atoms with Crippen molar-refractivity contribution in [3.63, 3.8) is 0 Å². The van der Waals surface area contributed by atoms with Crippen molar-refractivity contribution in [2.75, 3.05) is 0 Å². The number of tetrazole rings is 1. The summed E-state index contributed by atoms with van der Waals surface area (Å²) in [5.41, 5.74) is 2.86. The predicted octanol–water partition coefficient (Wildman–Crippen LogP) is 5.88. The van der Waals surface area contributed by atoms with Gasteiger partial charge >= 0.3 is 5.97 Å². The van der Waals surface area contributed by atoms with Crippen LogP contribution in [0.25, 0.3) is 0 Å². The lowest BCUT2D eigenvalue weighted by molar-refractivity contribution is -0.161. The van der Waals surface area contributed by atoms with Gasteiger partial charge in [0.15, 0.2) is 5.82 Å². The molecule has 33 heavy (non-hydrogen) atoms. The maximum Gasteiger partial charge on any atom is 0.310 e. The van der Waals surface area contributed by atoms with Gasteiger partial charge in [0.2, 0.25) is 0 Å². The number of nitrogens with zero attached hydrogens (tertiary/aromatic N) is 4. The smallest absolute Gasteiger partial charge is 0.310 e. The number of ether oxygens (including phenoxy) is 1. The number of halogens is 1. The molecule has 1 heterocycles. The molecule has 0 amide bonds. The lowest BCUT2D eigenvalue weighted by Crippen LogP contribution is -2.33. The van der Waals surface area contributed by atoms with Crippen LogP contribution in [0.5, 0.6) is 0 Å². The fourth-order valence-corrected chi connectivity index (χ4v) is 4.28. The van der Waals surface area contributed by atoms with Crippen LogP contribution in [-0.2, 0) is 22.5 Å². The van der Waals surface area contributed by atoms with Gasteiger partial charge in [-0.3, -0.25) is 4.79 Å². The molecule has 3 rings (SSSR count). The fraction of sp³-hybridized carbons (Fsp3) is 0.462. The molecule has 3 aromatic rings. The Morgan fingerprint density at radius 2 is 1.85 bits per heavy atom. The summed E-state index contributed by atoms with van der Waals surface area (Å²) in [6.07, 6.45) is 2.18. The molecule has 0 aliphatic rings. The van der Waals surface area contributed by atoms with E-state index in [2.05, 4.69) is 76.5 Å².